The van der Waals surface area contributed by atoms with E-state index < -0.39 is 0 Å². The van der Waals surface area contributed by atoms with Gasteiger partial charge in [0.25, 0.3) is 0 Å². The third-order valence-electron chi connectivity index (χ3n) is 5.63. The lowest BCUT2D eigenvalue weighted by Gasteiger charge is -2.24. The third kappa shape index (κ3) is 1.87. The molecule has 0 bridgehead atoms. The first kappa shape index (κ1) is 14.0. The van der Waals surface area contributed by atoms with Crippen LogP contribution in [-0.2, 0) is 0 Å². The lowest BCUT2D eigenvalue weighted by atomic mass is 9.80. The Morgan fingerprint density at radius 1 is 0.808 bits per heavy atom. The van der Waals surface area contributed by atoms with Crippen molar-refractivity contribution in [3.05, 3.63) is 113 Å². The van der Waals surface area contributed by atoms with E-state index in [1.165, 1.54) is 49.4 Å². The first-order valence-corrected chi connectivity index (χ1v) is 9.09. The number of hydrogen-bond acceptors (Lipinski definition) is 0. The first-order chi connectivity index (χ1) is 12.9. The monoisotopic (exact) mass is 328 g/mol. The van der Waals surface area contributed by atoms with Gasteiger partial charge in [-0.1, -0.05) is 54.6 Å². The summed E-state index contributed by atoms with van der Waals surface area (Å²) in [5.41, 5.74) is 6.43. The van der Waals surface area contributed by atoms with Crippen molar-refractivity contribution < 1.29 is 0 Å². The minimum absolute atomic E-state index is 0.247. The van der Waals surface area contributed by atoms with Crippen LogP contribution in [-0.4, -0.2) is 0 Å². The Kier molecular flexibility index (Phi) is 2.75. The van der Waals surface area contributed by atoms with Crippen molar-refractivity contribution in [3.8, 4) is 0 Å². The standard InChI is InChI=1S/C26H16/c1-7-18-9-4-12-24-23(14-13-19(8-1)26(18)24)22-15-20-10-2-5-17-6-3-11-21(16-22)25(17)20/h1-15,23H. The van der Waals surface area contributed by atoms with Crippen molar-refractivity contribution >= 4 is 33.7 Å². The van der Waals surface area contributed by atoms with E-state index in [-0.39, 0.29) is 5.92 Å². The molecule has 2 aliphatic rings. The van der Waals surface area contributed by atoms with Crippen LogP contribution in [0.4, 0.5) is 0 Å². The van der Waals surface area contributed by atoms with Crippen molar-refractivity contribution in [3.63, 3.8) is 0 Å². The predicted octanol–water partition coefficient (Wildman–Crippen LogP) is 6.53. The summed E-state index contributed by atoms with van der Waals surface area (Å²) in [6.45, 7) is 0. The zero-order valence-corrected chi connectivity index (χ0v) is 14.2. The van der Waals surface area contributed by atoms with E-state index in [2.05, 4.69) is 97.5 Å². The maximum absolute atomic E-state index is 3.71. The van der Waals surface area contributed by atoms with Crippen LogP contribution >= 0.6 is 0 Å². The molecule has 26 heavy (non-hydrogen) atoms. The fourth-order valence-electron chi connectivity index (χ4n) is 4.49. The van der Waals surface area contributed by atoms with Gasteiger partial charge in [-0.25, -0.2) is 0 Å². The van der Waals surface area contributed by atoms with Crippen LogP contribution in [0.1, 0.15) is 33.7 Å². The molecule has 0 fully saturated rings. The van der Waals surface area contributed by atoms with Gasteiger partial charge in [-0.05, 0) is 39.4 Å². The maximum Gasteiger partial charge on any atom is 0.103 e. The molecule has 1 atom stereocenters. The lowest BCUT2D eigenvalue weighted by molar-refractivity contribution is 1.04. The smallest absolute Gasteiger partial charge is 0.103 e. The van der Waals surface area contributed by atoms with Crippen LogP contribution in [0.15, 0.2) is 72.8 Å². The topological polar surface area (TPSA) is 0 Å². The molecule has 0 spiro atoms. The van der Waals surface area contributed by atoms with Crippen LogP contribution in [0.25, 0.3) is 33.7 Å². The Bertz CT molecular complexity index is 1250. The fraction of sp³-hybridized carbons (Fsp3) is 0.0385. The predicted molar refractivity (Wildman–Crippen MR) is 110 cm³/mol. The summed E-state index contributed by atoms with van der Waals surface area (Å²) >= 11 is 0. The Hall–Kier alpha value is -3.25. The second kappa shape index (κ2) is 5.12. The number of allylic oxidation sites excluding steroid dienone is 2. The molecule has 0 nitrogen and oxygen atoms in total. The first-order valence-electron chi connectivity index (χ1n) is 9.09. The SMILES string of the molecule is [c-]1c(C2C=Cc3cccc4cccc2c34)cc2cccc3c2c1C=C[CH+]3. The maximum atomic E-state index is 3.71. The highest BCUT2D eigenvalue weighted by Gasteiger charge is 2.20. The minimum atomic E-state index is 0.247. The van der Waals surface area contributed by atoms with Gasteiger partial charge in [-0.15, -0.1) is 11.6 Å². The van der Waals surface area contributed by atoms with Gasteiger partial charge >= 0.3 is 0 Å². The van der Waals surface area contributed by atoms with Crippen LogP contribution in [0.3, 0.4) is 0 Å². The summed E-state index contributed by atoms with van der Waals surface area (Å²) < 4.78 is 0. The average molecular weight is 328 g/mol. The molecule has 1 unspecified atom stereocenters. The molecule has 0 heterocycles. The molecule has 6 rings (SSSR count). The highest BCUT2D eigenvalue weighted by Crippen LogP contribution is 2.40. The second-order valence-electron chi connectivity index (χ2n) is 7.10. The second-order valence-corrected chi connectivity index (χ2v) is 7.10. The molecule has 0 aromatic heterocycles. The average Bonchev–Trinajstić information content (AvgIpc) is 2.69. The van der Waals surface area contributed by atoms with E-state index in [1.54, 1.807) is 0 Å². The van der Waals surface area contributed by atoms with Gasteiger partial charge in [-0.2, -0.15) is 0 Å². The molecule has 0 amide bonds. The molecule has 2 aliphatic carbocycles. The van der Waals surface area contributed by atoms with E-state index in [4.69, 9.17) is 0 Å². The largest absolute Gasteiger partial charge is 0.115 e. The summed E-state index contributed by atoms with van der Waals surface area (Å²) in [5.74, 6) is 0.247. The zero-order valence-electron chi connectivity index (χ0n) is 14.2. The molecule has 4 aromatic carbocycles. The molecule has 120 valence electrons. The highest BCUT2D eigenvalue weighted by molar-refractivity contribution is 5.99. The van der Waals surface area contributed by atoms with Crippen LogP contribution in [0.2, 0.25) is 0 Å². The summed E-state index contributed by atoms with van der Waals surface area (Å²) in [6.07, 6.45) is 11.1. The van der Waals surface area contributed by atoms with Gasteiger partial charge in [0, 0.05) is 36.1 Å². The Labute approximate surface area is 153 Å². The summed E-state index contributed by atoms with van der Waals surface area (Å²) in [6, 6.07) is 25.8. The molecule has 0 saturated carbocycles. The molecular formula is C26H16. The molecule has 0 saturated heterocycles. The zero-order chi connectivity index (χ0) is 17.1. The molecule has 0 heteroatoms. The number of benzene rings is 4. The van der Waals surface area contributed by atoms with Crippen LogP contribution < -0.4 is 0 Å². The van der Waals surface area contributed by atoms with E-state index in [1.807, 2.05) is 0 Å². The summed E-state index contributed by atoms with van der Waals surface area (Å²) in [4.78, 5) is 0. The van der Waals surface area contributed by atoms with Gasteiger partial charge in [0.05, 0.1) is 5.39 Å². The van der Waals surface area contributed by atoms with Crippen molar-refractivity contribution in [1.82, 2.24) is 0 Å². The van der Waals surface area contributed by atoms with E-state index >= 15 is 0 Å². The molecule has 0 N–H and O–H groups in total. The van der Waals surface area contributed by atoms with E-state index in [9.17, 15) is 0 Å². The molecular weight excluding hydrogens is 312 g/mol. The highest BCUT2D eigenvalue weighted by atomic mass is 14.2. The van der Waals surface area contributed by atoms with Gasteiger partial charge in [-0.3, -0.25) is 0 Å². The fourth-order valence-corrected chi connectivity index (χ4v) is 4.49. The van der Waals surface area contributed by atoms with Gasteiger partial charge in [0.1, 0.15) is 5.56 Å². The van der Waals surface area contributed by atoms with Gasteiger partial charge < -0.3 is 0 Å². The Morgan fingerprint density at radius 2 is 1.65 bits per heavy atom. The van der Waals surface area contributed by atoms with Crippen LogP contribution in [0, 0.1) is 12.5 Å². The van der Waals surface area contributed by atoms with Crippen molar-refractivity contribution in [2.45, 2.75) is 5.92 Å². The van der Waals surface area contributed by atoms with Crippen molar-refractivity contribution in [2.75, 3.05) is 0 Å². The van der Waals surface area contributed by atoms with Crippen molar-refractivity contribution in [2.24, 2.45) is 0 Å². The summed E-state index contributed by atoms with van der Waals surface area (Å²) in [7, 11) is 0. The normalized spacial score (nSPS) is 16.8. The Balaban J connectivity index is 1.63. The van der Waals surface area contributed by atoms with Crippen molar-refractivity contribution in [1.29, 1.82) is 0 Å². The molecule has 0 radical (unpaired) electrons. The third-order valence-corrected chi connectivity index (χ3v) is 5.63. The Morgan fingerprint density at radius 3 is 2.62 bits per heavy atom. The van der Waals surface area contributed by atoms with Gasteiger partial charge in [0.2, 0.25) is 0 Å². The number of hydrogen-bond donors (Lipinski definition) is 0. The van der Waals surface area contributed by atoms with E-state index in [0.717, 1.165) is 0 Å². The van der Waals surface area contributed by atoms with Gasteiger partial charge in [0.15, 0.2) is 0 Å². The van der Waals surface area contributed by atoms with E-state index in [0.29, 0.717) is 0 Å². The summed E-state index contributed by atoms with van der Waals surface area (Å²) in [5, 5.41) is 5.30. The minimum Gasteiger partial charge on any atom is -0.115 e. The lowest BCUT2D eigenvalue weighted by Crippen LogP contribution is -2.05. The molecule has 0 aliphatic heterocycles. The quantitative estimate of drug-likeness (QED) is 0.348. The number of rotatable bonds is 1. The van der Waals surface area contributed by atoms with Crippen LogP contribution in [0.5, 0.6) is 0 Å². The molecule has 4 aromatic rings.